The van der Waals surface area contributed by atoms with Crippen LogP contribution >= 0.6 is 11.3 Å². The Bertz CT molecular complexity index is 1410. The highest BCUT2D eigenvalue weighted by Gasteiger charge is 2.41. The summed E-state index contributed by atoms with van der Waals surface area (Å²) in [6.07, 6.45) is 0.566. The lowest BCUT2D eigenvalue weighted by Crippen LogP contribution is -2.47. The number of carbonyl (C=O) groups excluding carboxylic acids is 2. The van der Waals surface area contributed by atoms with E-state index in [-0.39, 0.29) is 24.1 Å². The number of aromatic nitrogens is 1. The van der Waals surface area contributed by atoms with Crippen molar-refractivity contribution in [2.75, 3.05) is 24.4 Å². The van der Waals surface area contributed by atoms with E-state index in [2.05, 4.69) is 10.3 Å². The van der Waals surface area contributed by atoms with Crippen LogP contribution in [0.5, 0.6) is 11.5 Å². The predicted molar refractivity (Wildman–Crippen MR) is 137 cm³/mol. The molecule has 3 aromatic carbocycles. The standard InChI is InChI=1S/C27H24FN3O4S/c1-34-19-9-7-18(8-10-19)31-24(32)14-12-21(25(31)16-3-5-17(28)6-4-16)26(33)30-27-29-22-13-11-20(35-2)15-23(22)36-27/h3-11,13,15,21,25H,12,14H2,1-2H3,(H,29,30,33). The van der Waals surface area contributed by atoms with Crippen LogP contribution in [0, 0.1) is 11.7 Å². The highest BCUT2D eigenvalue weighted by molar-refractivity contribution is 7.22. The van der Waals surface area contributed by atoms with E-state index in [4.69, 9.17) is 9.47 Å². The zero-order valence-corrected chi connectivity index (χ0v) is 20.5. The van der Waals surface area contributed by atoms with Crippen molar-refractivity contribution in [3.63, 3.8) is 0 Å². The SMILES string of the molecule is COc1ccc(N2C(=O)CCC(C(=O)Nc3nc4ccc(OC)cc4s3)C2c2ccc(F)cc2)cc1. The van der Waals surface area contributed by atoms with Gasteiger partial charge in [0.05, 0.1) is 36.4 Å². The van der Waals surface area contributed by atoms with Crippen molar-refractivity contribution >= 4 is 44.2 Å². The second kappa shape index (κ2) is 9.94. The summed E-state index contributed by atoms with van der Waals surface area (Å²) in [5.41, 5.74) is 2.07. The number of piperidine rings is 1. The van der Waals surface area contributed by atoms with Gasteiger partial charge in [-0.15, -0.1) is 0 Å². The van der Waals surface area contributed by atoms with Crippen LogP contribution < -0.4 is 19.7 Å². The largest absolute Gasteiger partial charge is 0.497 e. The lowest BCUT2D eigenvalue weighted by atomic mass is 9.83. The van der Waals surface area contributed by atoms with Gasteiger partial charge in [0.25, 0.3) is 0 Å². The highest BCUT2D eigenvalue weighted by Crippen LogP contribution is 2.41. The van der Waals surface area contributed by atoms with E-state index in [0.717, 1.165) is 10.2 Å². The van der Waals surface area contributed by atoms with Gasteiger partial charge in [-0.25, -0.2) is 9.37 Å². The molecule has 0 radical (unpaired) electrons. The van der Waals surface area contributed by atoms with Gasteiger partial charge in [0.1, 0.15) is 17.3 Å². The van der Waals surface area contributed by atoms with Gasteiger partial charge in [0.15, 0.2) is 5.13 Å². The second-order valence-electron chi connectivity index (χ2n) is 8.45. The molecule has 4 aromatic rings. The number of rotatable bonds is 6. The van der Waals surface area contributed by atoms with Gasteiger partial charge in [-0.1, -0.05) is 23.5 Å². The van der Waals surface area contributed by atoms with Gasteiger partial charge >= 0.3 is 0 Å². The van der Waals surface area contributed by atoms with Crippen LogP contribution in [0.15, 0.2) is 66.7 Å². The van der Waals surface area contributed by atoms with E-state index in [1.165, 1.54) is 23.5 Å². The summed E-state index contributed by atoms with van der Waals surface area (Å²) in [6, 6.07) is 18.0. The van der Waals surface area contributed by atoms with Crippen LogP contribution in [0.2, 0.25) is 0 Å². The molecule has 184 valence electrons. The lowest BCUT2D eigenvalue weighted by molar-refractivity contribution is -0.125. The van der Waals surface area contributed by atoms with E-state index >= 15 is 0 Å². The third-order valence-corrected chi connectivity index (χ3v) is 7.26. The summed E-state index contributed by atoms with van der Waals surface area (Å²) in [5.74, 6) is 0.0520. The molecule has 1 N–H and O–H groups in total. The first-order valence-electron chi connectivity index (χ1n) is 11.4. The fraction of sp³-hybridized carbons (Fsp3) is 0.222. The van der Waals surface area contributed by atoms with Crippen molar-refractivity contribution in [1.29, 1.82) is 0 Å². The fourth-order valence-corrected chi connectivity index (χ4v) is 5.44. The Kier molecular flexibility index (Phi) is 6.56. The molecule has 0 aliphatic carbocycles. The molecule has 1 aliphatic rings. The summed E-state index contributed by atoms with van der Waals surface area (Å²) in [7, 11) is 3.17. The van der Waals surface area contributed by atoms with Gasteiger partial charge in [0.2, 0.25) is 11.8 Å². The number of ether oxygens (including phenoxy) is 2. The maximum atomic E-state index is 13.7. The number of hydrogen-bond acceptors (Lipinski definition) is 6. The molecule has 1 saturated heterocycles. The number of methoxy groups -OCH3 is 2. The Balaban J connectivity index is 1.49. The van der Waals surface area contributed by atoms with Gasteiger partial charge in [0, 0.05) is 12.1 Å². The average Bonchev–Trinajstić information content (AvgIpc) is 3.30. The van der Waals surface area contributed by atoms with Crippen LogP contribution in [-0.2, 0) is 9.59 Å². The fourth-order valence-electron chi connectivity index (χ4n) is 4.54. The molecule has 2 amide bonds. The Morgan fingerprint density at radius 2 is 1.72 bits per heavy atom. The summed E-state index contributed by atoms with van der Waals surface area (Å²) in [4.78, 5) is 32.9. The zero-order valence-electron chi connectivity index (χ0n) is 19.7. The van der Waals surface area contributed by atoms with Crippen molar-refractivity contribution in [3.8, 4) is 11.5 Å². The van der Waals surface area contributed by atoms with Crippen LogP contribution in [0.4, 0.5) is 15.2 Å². The van der Waals surface area contributed by atoms with Gasteiger partial charge in [-0.05, 0) is 66.6 Å². The van der Waals surface area contributed by atoms with E-state index in [1.807, 2.05) is 18.2 Å². The molecule has 2 heterocycles. The number of nitrogens with zero attached hydrogens (tertiary/aromatic N) is 2. The molecule has 7 nitrogen and oxygen atoms in total. The molecule has 1 fully saturated rings. The van der Waals surface area contributed by atoms with Crippen molar-refractivity contribution in [3.05, 3.63) is 78.1 Å². The van der Waals surface area contributed by atoms with Gasteiger partial charge < -0.3 is 19.7 Å². The topological polar surface area (TPSA) is 80.8 Å². The molecule has 9 heteroatoms. The van der Waals surface area contributed by atoms with Crippen LogP contribution in [-0.4, -0.2) is 31.0 Å². The molecule has 36 heavy (non-hydrogen) atoms. The summed E-state index contributed by atoms with van der Waals surface area (Å²) < 4.78 is 25.2. The first kappa shape index (κ1) is 23.7. The molecule has 5 rings (SSSR count). The Hall–Kier alpha value is -3.98. The predicted octanol–water partition coefficient (Wildman–Crippen LogP) is 5.58. The monoisotopic (exact) mass is 505 g/mol. The summed E-state index contributed by atoms with van der Waals surface area (Å²) in [6.45, 7) is 0. The Labute approximate surface area is 211 Å². The number of anilines is 2. The van der Waals surface area contributed by atoms with Crippen molar-refractivity contribution in [1.82, 2.24) is 4.98 Å². The smallest absolute Gasteiger partial charge is 0.231 e. The minimum absolute atomic E-state index is 0.106. The summed E-state index contributed by atoms with van der Waals surface area (Å²) in [5, 5.41) is 3.42. The number of fused-ring (bicyclic) bond motifs is 1. The second-order valence-corrected chi connectivity index (χ2v) is 9.48. The van der Waals surface area contributed by atoms with E-state index in [1.54, 1.807) is 55.5 Å². The summed E-state index contributed by atoms with van der Waals surface area (Å²) >= 11 is 1.35. The first-order chi connectivity index (χ1) is 17.5. The molecule has 0 spiro atoms. The number of thiazole rings is 1. The molecule has 2 unspecified atom stereocenters. The van der Waals surface area contributed by atoms with Crippen molar-refractivity contribution in [2.45, 2.75) is 18.9 Å². The van der Waals surface area contributed by atoms with E-state index in [0.29, 0.717) is 34.3 Å². The maximum absolute atomic E-state index is 13.7. The average molecular weight is 506 g/mol. The number of carbonyl (C=O) groups is 2. The molecule has 0 saturated carbocycles. The number of benzene rings is 3. The van der Waals surface area contributed by atoms with E-state index in [9.17, 15) is 14.0 Å². The molecule has 2 atom stereocenters. The number of halogens is 1. The minimum atomic E-state index is -0.616. The van der Waals surface area contributed by atoms with Gasteiger partial charge in [-0.2, -0.15) is 0 Å². The minimum Gasteiger partial charge on any atom is -0.497 e. The maximum Gasteiger partial charge on any atom is 0.231 e. The van der Waals surface area contributed by atoms with E-state index < -0.39 is 12.0 Å². The zero-order chi connectivity index (χ0) is 25.2. The number of nitrogens with one attached hydrogen (secondary N) is 1. The Morgan fingerprint density at radius 3 is 2.42 bits per heavy atom. The number of hydrogen-bond donors (Lipinski definition) is 1. The van der Waals surface area contributed by atoms with Crippen molar-refractivity contribution in [2.24, 2.45) is 5.92 Å². The first-order valence-corrected chi connectivity index (χ1v) is 12.3. The quantitative estimate of drug-likeness (QED) is 0.370. The molecular formula is C27H24FN3O4S. The molecule has 0 bridgehead atoms. The normalized spacial score (nSPS) is 17.8. The van der Waals surface area contributed by atoms with Crippen LogP contribution in [0.25, 0.3) is 10.2 Å². The Morgan fingerprint density at radius 1 is 1.03 bits per heavy atom. The lowest BCUT2D eigenvalue weighted by Gasteiger charge is -2.40. The highest BCUT2D eigenvalue weighted by atomic mass is 32.1. The number of amides is 2. The van der Waals surface area contributed by atoms with Crippen molar-refractivity contribution < 1.29 is 23.5 Å². The van der Waals surface area contributed by atoms with Crippen LogP contribution in [0.1, 0.15) is 24.4 Å². The van der Waals surface area contributed by atoms with Gasteiger partial charge in [-0.3, -0.25) is 9.59 Å². The van der Waals surface area contributed by atoms with Crippen LogP contribution in [0.3, 0.4) is 0 Å². The molecular weight excluding hydrogens is 481 g/mol. The third-order valence-electron chi connectivity index (χ3n) is 6.32. The molecule has 1 aliphatic heterocycles. The molecule has 1 aromatic heterocycles. The third kappa shape index (κ3) is 4.61.